The molecule has 2 aromatic rings. The van der Waals surface area contributed by atoms with Gasteiger partial charge in [0.2, 0.25) is 0 Å². The molecule has 2 heterocycles. The van der Waals surface area contributed by atoms with E-state index in [1.807, 2.05) is 19.2 Å². The number of nitrogens with zero attached hydrogens (tertiary/aromatic N) is 2. The van der Waals surface area contributed by atoms with Crippen molar-refractivity contribution in [1.29, 1.82) is 0 Å². The third kappa shape index (κ3) is 3.04. The fraction of sp³-hybridized carbons (Fsp3) is 0.250. The van der Waals surface area contributed by atoms with Crippen molar-refractivity contribution in [2.45, 2.75) is 19.5 Å². The molecule has 5 nitrogen and oxygen atoms in total. The van der Waals surface area contributed by atoms with E-state index in [-0.39, 0.29) is 11.9 Å². The summed E-state index contributed by atoms with van der Waals surface area (Å²) in [6.45, 7) is 2.55. The maximum Gasteiger partial charge on any atom is 0.254 e. The average Bonchev–Trinajstić information content (AvgIpc) is 2.82. The van der Waals surface area contributed by atoms with Gasteiger partial charge in [0.1, 0.15) is 4.64 Å². The van der Waals surface area contributed by atoms with Gasteiger partial charge in [0, 0.05) is 24.6 Å². The first-order valence-electron chi connectivity index (χ1n) is 5.63. The highest BCUT2D eigenvalue weighted by atomic mass is 32.1. The fourth-order valence-electron chi connectivity index (χ4n) is 1.64. The van der Waals surface area contributed by atoms with Crippen LogP contribution in [0, 0.1) is 4.64 Å². The topological polar surface area (TPSA) is 62.7 Å². The zero-order chi connectivity index (χ0) is 13.0. The Bertz CT molecular complexity index is 576. The molecule has 2 N–H and O–H groups in total. The number of hydrogen-bond donors (Lipinski definition) is 2. The Morgan fingerprint density at radius 2 is 2.44 bits per heavy atom. The predicted octanol–water partition coefficient (Wildman–Crippen LogP) is 1.76. The van der Waals surface area contributed by atoms with Crippen LogP contribution in [0.3, 0.4) is 0 Å². The van der Waals surface area contributed by atoms with Crippen LogP contribution in [-0.2, 0) is 6.54 Å². The van der Waals surface area contributed by atoms with Crippen molar-refractivity contribution in [3.8, 4) is 0 Å². The van der Waals surface area contributed by atoms with Crippen LogP contribution in [-0.4, -0.2) is 26.7 Å². The van der Waals surface area contributed by atoms with Gasteiger partial charge in [0.25, 0.3) is 5.91 Å². The molecular formula is C12H14N4OS. The molecule has 0 aliphatic rings. The Morgan fingerprint density at radius 3 is 3.11 bits per heavy atom. The number of hydrogen-bond acceptors (Lipinski definition) is 3. The lowest BCUT2D eigenvalue weighted by atomic mass is 10.2. The molecule has 0 radical (unpaired) electrons. The summed E-state index contributed by atoms with van der Waals surface area (Å²) in [6, 6.07) is 5.28. The molecule has 0 aliphatic carbocycles. The van der Waals surface area contributed by atoms with E-state index in [1.54, 1.807) is 29.2 Å². The van der Waals surface area contributed by atoms with Crippen LogP contribution >= 0.6 is 12.2 Å². The summed E-state index contributed by atoms with van der Waals surface area (Å²) in [7, 11) is 0. The highest BCUT2D eigenvalue weighted by molar-refractivity contribution is 7.71. The van der Waals surface area contributed by atoms with Gasteiger partial charge in [0.15, 0.2) is 0 Å². The third-order valence-electron chi connectivity index (χ3n) is 2.46. The van der Waals surface area contributed by atoms with Gasteiger partial charge in [-0.1, -0.05) is 12.2 Å². The molecular weight excluding hydrogens is 248 g/mol. The molecule has 6 heteroatoms. The molecule has 2 rings (SSSR count). The molecule has 1 atom stereocenters. The number of nitrogens with one attached hydrogen (secondary N) is 2. The zero-order valence-corrected chi connectivity index (χ0v) is 10.8. The van der Waals surface area contributed by atoms with Crippen molar-refractivity contribution in [2.24, 2.45) is 0 Å². The van der Waals surface area contributed by atoms with Crippen LogP contribution in [0.4, 0.5) is 0 Å². The normalized spacial score (nSPS) is 12.1. The standard InChI is InChI=1S/C12H14N4OS/c1-9(8-16-7-3-6-14-16)15-11(17)10-4-2-5-13-12(10)18/h2-7,9H,8H2,1H3,(H,13,18)(H,15,17)/t9-/m1/s1. The molecule has 0 saturated heterocycles. The molecule has 0 bridgehead atoms. The number of carbonyl (C=O) groups is 1. The smallest absolute Gasteiger partial charge is 0.254 e. The Labute approximate surface area is 110 Å². The first-order valence-corrected chi connectivity index (χ1v) is 6.03. The number of amides is 1. The van der Waals surface area contributed by atoms with Crippen LogP contribution in [0.1, 0.15) is 17.3 Å². The molecule has 18 heavy (non-hydrogen) atoms. The van der Waals surface area contributed by atoms with Crippen molar-refractivity contribution in [3.05, 3.63) is 47.0 Å². The van der Waals surface area contributed by atoms with Gasteiger partial charge in [-0.3, -0.25) is 9.48 Å². The van der Waals surface area contributed by atoms with Gasteiger partial charge in [0.05, 0.1) is 12.1 Å². The zero-order valence-electron chi connectivity index (χ0n) is 9.96. The van der Waals surface area contributed by atoms with E-state index in [0.717, 1.165) is 0 Å². The number of aromatic amines is 1. The van der Waals surface area contributed by atoms with E-state index >= 15 is 0 Å². The summed E-state index contributed by atoms with van der Waals surface area (Å²) in [5.74, 6) is -0.170. The van der Waals surface area contributed by atoms with Crippen LogP contribution in [0.25, 0.3) is 0 Å². The van der Waals surface area contributed by atoms with Gasteiger partial charge in [-0.05, 0) is 25.1 Å². The van der Waals surface area contributed by atoms with Gasteiger partial charge in [-0.15, -0.1) is 0 Å². The van der Waals surface area contributed by atoms with Gasteiger partial charge in [-0.25, -0.2) is 0 Å². The molecule has 0 saturated carbocycles. The molecule has 0 aliphatic heterocycles. The lowest BCUT2D eigenvalue weighted by Crippen LogP contribution is -2.36. The molecule has 1 amide bonds. The maximum atomic E-state index is 12.0. The molecule has 0 unspecified atom stereocenters. The average molecular weight is 262 g/mol. The first-order chi connectivity index (χ1) is 8.66. The maximum absolute atomic E-state index is 12.0. The van der Waals surface area contributed by atoms with Crippen LogP contribution < -0.4 is 5.32 Å². The van der Waals surface area contributed by atoms with Crippen LogP contribution in [0.5, 0.6) is 0 Å². The second-order valence-electron chi connectivity index (χ2n) is 4.02. The molecule has 94 valence electrons. The summed E-state index contributed by atoms with van der Waals surface area (Å²) in [5, 5.41) is 6.98. The SMILES string of the molecule is C[C@H](Cn1cccn1)NC(=O)c1ccc[nH]c1=S. The summed E-state index contributed by atoms with van der Waals surface area (Å²) in [5.41, 5.74) is 0.486. The minimum absolute atomic E-state index is 0.0213. The third-order valence-corrected chi connectivity index (χ3v) is 2.80. The van der Waals surface area contributed by atoms with Crippen molar-refractivity contribution in [1.82, 2.24) is 20.1 Å². The minimum Gasteiger partial charge on any atom is -0.352 e. The lowest BCUT2D eigenvalue weighted by Gasteiger charge is -2.13. The van der Waals surface area contributed by atoms with Crippen molar-refractivity contribution in [3.63, 3.8) is 0 Å². The predicted molar refractivity (Wildman–Crippen MR) is 70.8 cm³/mol. The highest BCUT2D eigenvalue weighted by Gasteiger charge is 2.11. The first kappa shape index (κ1) is 12.5. The molecule has 2 aromatic heterocycles. The largest absolute Gasteiger partial charge is 0.352 e. The fourth-order valence-corrected chi connectivity index (χ4v) is 1.87. The van der Waals surface area contributed by atoms with Crippen LogP contribution in [0.2, 0.25) is 0 Å². The minimum atomic E-state index is -0.170. The number of H-pyrrole nitrogens is 1. The molecule has 0 aromatic carbocycles. The monoisotopic (exact) mass is 262 g/mol. The summed E-state index contributed by atoms with van der Waals surface area (Å²) >= 11 is 5.06. The van der Waals surface area contributed by atoms with Gasteiger partial charge < -0.3 is 10.3 Å². The Morgan fingerprint density at radius 1 is 1.61 bits per heavy atom. The van der Waals surface area contributed by atoms with E-state index in [1.165, 1.54) is 0 Å². The number of carbonyl (C=O) groups excluding carboxylic acids is 1. The highest BCUT2D eigenvalue weighted by Crippen LogP contribution is 2.00. The second kappa shape index (κ2) is 5.59. The number of rotatable bonds is 4. The van der Waals surface area contributed by atoms with Gasteiger partial charge in [-0.2, -0.15) is 5.10 Å². The quantitative estimate of drug-likeness (QED) is 0.825. The van der Waals surface area contributed by atoms with E-state index in [0.29, 0.717) is 16.7 Å². The van der Waals surface area contributed by atoms with Gasteiger partial charge >= 0.3 is 0 Å². The summed E-state index contributed by atoms with van der Waals surface area (Å²) in [6.07, 6.45) is 5.27. The van der Waals surface area contributed by atoms with E-state index in [2.05, 4.69) is 15.4 Å². The van der Waals surface area contributed by atoms with Crippen molar-refractivity contribution < 1.29 is 4.79 Å². The van der Waals surface area contributed by atoms with E-state index in [9.17, 15) is 4.79 Å². The van der Waals surface area contributed by atoms with Crippen LogP contribution in [0.15, 0.2) is 36.8 Å². The Kier molecular flexibility index (Phi) is 3.88. The number of pyridine rings is 1. The van der Waals surface area contributed by atoms with Crippen molar-refractivity contribution >= 4 is 18.1 Å². The Balaban J connectivity index is 1.99. The second-order valence-corrected chi connectivity index (χ2v) is 4.42. The Hall–Kier alpha value is -1.95. The summed E-state index contributed by atoms with van der Waals surface area (Å²) < 4.78 is 2.22. The summed E-state index contributed by atoms with van der Waals surface area (Å²) in [4.78, 5) is 14.8. The lowest BCUT2D eigenvalue weighted by molar-refractivity contribution is 0.0935. The number of aromatic nitrogens is 3. The van der Waals surface area contributed by atoms with Crippen molar-refractivity contribution in [2.75, 3.05) is 0 Å². The molecule has 0 spiro atoms. The van der Waals surface area contributed by atoms with E-state index in [4.69, 9.17) is 12.2 Å². The van der Waals surface area contributed by atoms with E-state index < -0.39 is 0 Å². The molecule has 0 fully saturated rings.